The number of aliphatic carboxylic acids is 1. The molecule has 2 aromatic rings. The van der Waals surface area contributed by atoms with Gasteiger partial charge in [-0.3, -0.25) is 4.90 Å². The highest BCUT2D eigenvalue weighted by atomic mass is 32.2. The molecular weight excluding hydrogens is 375 g/mol. The van der Waals surface area contributed by atoms with E-state index in [0.717, 1.165) is 23.6 Å². The lowest BCUT2D eigenvalue weighted by molar-refractivity contribution is -0.192. The summed E-state index contributed by atoms with van der Waals surface area (Å²) in [5, 5.41) is 7.12. The van der Waals surface area contributed by atoms with Gasteiger partial charge in [-0.2, -0.15) is 13.2 Å². The quantitative estimate of drug-likeness (QED) is 0.832. The van der Waals surface area contributed by atoms with Crippen molar-refractivity contribution < 1.29 is 31.5 Å². The van der Waals surface area contributed by atoms with Gasteiger partial charge in [-0.1, -0.05) is 6.07 Å². The molecule has 2 aromatic heterocycles. The standard InChI is InChI=1S/C13H17N3O2S.C2HF3O2/c1-11-3-2-4-13-14-12(10-16(11)13)9-15-5-7-19(17,18)8-6-15;3-2(4,5)1(6)7/h2-4,10H,5-9H2,1H3;(H,6,7). The highest BCUT2D eigenvalue weighted by Crippen LogP contribution is 2.13. The van der Waals surface area contributed by atoms with Gasteiger partial charge in [-0.15, -0.1) is 0 Å². The average molecular weight is 393 g/mol. The number of carbonyl (C=O) groups is 1. The van der Waals surface area contributed by atoms with Crippen molar-refractivity contribution in [3.05, 3.63) is 35.8 Å². The molecule has 0 atom stereocenters. The topological polar surface area (TPSA) is 92.0 Å². The van der Waals surface area contributed by atoms with Crippen LogP contribution in [-0.4, -0.2) is 64.5 Å². The molecule has 0 spiro atoms. The first-order valence-electron chi connectivity index (χ1n) is 7.64. The SMILES string of the molecule is Cc1cccc2nc(CN3CCS(=O)(=O)CC3)cn12.O=C(O)C(F)(F)F. The van der Waals surface area contributed by atoms with Gasteiger partial charge >= 0.3 is 12.1 Å². The van der Waals surface area contributed by atoms with Crippen molar-refractivity contribution in [2.45, 2.75) is 19.6 Å². The van der Waals surface area contributed by atoms with Crippen LogP contribution in [0.1, 0.15) is 11.4 Å². The van der Waals surface area contributed by atoms with Gasteiger partial charge in [0.2, 0.25) is 0 Å². The van der Waals surface area contributed by atoms with Crippen LogP contribution in [0, 0.1) is 6.92 Å². The number of carboxylic acids is 1. The number of aryl methyl sites for hydroxylation is 1. The van der Waals surface area contributed by atoms with Crippen molar-refractivity contribution in [2.24, 2.45) is 0 Å². The zero-order chi connectivity index (χ0) is 19.5. The first-order valence-corrected chi connectivity index (χ1v) is 9.46. The lowest BCUT2D eigenvalue weighted by Crippen LogP contribution is -2.39. The Kier molecular flexibility index (Phi) is 5.91. The fourth-order valence-electron chi connectivity index (χ4n) is 2.41. The van der Waals surface area contributed by atoms with E-state index in [-0.39, 0.29) is 11.5 Å². The van der Waals surface area contributed by atoms with Crippen molar-refractivity contribution in [3.8, 4) is 0 Å². The van der Waals surface area contributed by atoms with Gasteiger partial charge in [-0.05, 0) is 19.1 Å². The fraction of sp³-hybridized carbons (Fsp3) is 0.467. The summed E-state index contributed by atoms with van der Waals surface area (Å²) in [5.74, 6) is -2.23. The summed E-state index contributed by atoms with van der Waals surface area (Å²) in [4.78, 5) is 15.6. The number of imidazole rings is 1. The molecule has 3 rings (SSSR count). The summed E-state index contributed by atoms with van der Waals surface area (Å²) < 4.78 is 56.6. The third-order valence-corrected chi connectivity index (χ3v) is 5.42. The van der Waals surface area contributed by atoms with E-state index in [9.17, 15) is 21.6 Å². The Morgan fingerprint density at radius 3 is 2.35 bits per heavy atom. The highest BCUT2D eigenvalue weighted by Gasteiger charge is 2.38. The van der Waals surface area contributed by atoms with Gasteiger partial charge in [0, 0.05) is 31.5 Å². The van der Waals surface area contributed by atoms with Gasteiger partial charge in [0.25, 0.3) is 0 Å². The maximum absolute atomic E-state index is 11.4. The number of carboxylic acid groups (broad SMARTS) is 1. The molecular formula is C15H18F3N3O4S. The van der Waals surface area contributed by atoms with Crippen molar-refractivity contribution in [3.63, 3.8) is 0 Å². The van der Waals surface area contributed by atoms with Gasteiger partial charge in [0.15, 0.2) is 9.84 Å². The largest absolute Gasteiger partial charge is 0.490 e. The number of pyridine rings is 1. The zero-order valence-electron chi connectivity index (χ0n) is 13.9. The van der Waals surface area contributed by atoms with Crippen LogP contribution in [0.25, 0.3) is 5.65 Å². The molecule has 0 radical (unpaired) electrons. The van der Waals surface area contributed by atoms with E-state index in [1.807, 2.05) is 31.3 Å². The maximum Gasteiger partial charge on any atom is 0.490 e. The molecule has 0 amide bonds. The van der Waals surface area contributed by atoms with Gasteiger partial charge < -0.3 is 9.51 Å². The summed E-state index contributed by atoms with van der Waals surface area (Å²) in [6, 6.07) is 6.03. The lowest BCUT2D eigenvalue weighted by atomic mass is 10.4. The Hall–Kier alpha value is -2.14. The van der Waals surface area contributed by atoms with E-state index in [1.165, 1.54) is 0 Å². The second-order valence-corrected chi connectivity index (χ2v) is 8.16. The predicted octanol–water partition coefficient (Wildman–Crippen LogP) is 1.51. The summed E-state index contributed by atoms with van der Waals surface area (Å²) in [5.41, 5.74) is 3.09. The third-order valence-electron chi connectivity index (χ3n) is 3.81. The van der Waals surface area contributed by atoms with Crippen molar-refractivity contribution >= 4 is 21.5 Å². The van der Waals surface area contributed by atoms with E-state index in [2.05, 4.69) is 14.3 Å². The summed E-state index contributed by atoms with van der Waals surface area (Å²) in [6.07, 6.45) is -3.05. The Bertz CT molecular complexity index is 879. The van der Waals surface area contributed by atoms with Crippen LogP contribution >= 0.6 is 0 Å². The van der Waals surface area contributed by atoms with Crippen molar-refractivity contribution in [2.75, 3.05) is 24.6 Å². The number of nitrogens with zero attached hydrogens (tertiary/aromatic N) is 3. The fourth-order valence-corrected chi connectivity index (χ4v) is 3.69. The van der Waals surface area contributed by atoms with Crippen LogP contribution in [0.3, 0.4) is 0 Å². The second-order valence-electron chi connectivity index (χ2n) is 5.86. The van der Waals surface area contributed by atoms with E-state index >= 15 is 0 Å². The number of sulfone groups is 1. The van der Waals surface area contributed by atoms with E-state index in [1.54, 1.807) is 0 Å². The molecule has 0 unspecified atom stereocenters. The van der Waals surface area contributed by atoms with E-state index in [4.69, 9.17) is 9.90 Å². The Morgan fingerprint density at radius 2 is 1.85 bits per heavy atom. The number of halogens is 3. The summed E-state index contributed by atoms with van der Waals surface area (Å²) in [6.45, 7) is 3.98. The van der Waals surface area contributed by atoms with Gasteiger partial charge in [-0.25, -0.2) is 18.2 Å². The van der Waals surface area contributed by atoms with Crippen LogP contribution in [-0.2, 0) is 21.2 Å². The molecule has 1 aliphatic heterocycles. The molecule has 0 aromatic carbocycles. The first-order chi connectivity index (χ1) is 12.0. The van der Waals surface area contributed by atoms with Crippen LogP contribution in [0.2, 0.25) is 0 Å². The molecule has 0 bridgehead atoms. The number of aromatic nitrogens is 2. The highest BCUT2D eigenvalue weighted by molar-refractivity contribution is 7.91. The molecule has 3 heterocycles. The lowest BCUT2D eigenvalue weighted by Gasteiger charge is -2.25. The number of hydrogen-bond acceptors (Lipinski definition) is 5. The molecule has 7 nitrogen and oxygen atoms in total. The molecule has 1 N–H and O–H groups in total. The van der Waals surface area contributed by atoms with Crippen molar-refractivity contribution in [1.29, 1.82) is 0 Å². The molecule has 1 fully saturated rings. The first kappa shape index (κ1) is 20.2. The van der Waals surface area contributed by atoms with Crippen LogP contribution in [0.5, 0.6) is 0 Å². The number of alkyl halides is 3. The second kappa shape index (κ2) is 7.62. The average Bonchev–Trinajstić information content (AvgIpc) is 2.93. The predicted molar refractivity (Wildman–Crippen MR) is 87.6 cm³/mol. The third kappa shape index (κ3) is 5.43. The molecule has 0 aliphatic carbocycles. The zero-order valence-corrected chi connectivity index (χ0v) is 14.7. The number of rotatable bonds is 2. The van der Waals surface area contributed by atoms with Crippen molar-refractivity contribution in [1.82, 2.24) is 14.3 Å². The Balaban J connectivity index is 0.000000298. The minimum absolute atomic E-state index is 0.263. The monoisotopic (exact) mass is 393 g/mol. The number of fused-ring (bicyclic) bond motifs is 1. The molecule has 1 aliphatic rings. The molecule has 144 valence electrons. The minimum Gasteiger partial charge on any atom is -0.475 e. The molecule has 1 saturated heterocycles. The molecule has 11 heteroatoms. The van der Waals surface area contributed by atoms with Crippen LogP contribution in [0.4, 0.5) is 13.2 Å². The summed E-state index contributed by atoms with van der Waals surface area (Å²) in [7, 11) is -2.81. The normalized spacial score (nSPS) is 17.5. The molecule has 0 saturated carbocycles. The summed E-state index contributed by atoms with van der Waals surface area (Å²) >= 11 is 0. The smallest absolute Gasteiger partial charge is 0.475 e. The van der Waals surface area contributed by atoms with Crippen LogP contribution in [0.15, 0.2) is 24.4 Å². The number of hydrogen-bond donors (Lipinski definition) is 1. The maximum atomic E-state index is 11.4. The minimum atomic E-state index is -5.08. The van der Waals surface area contributed by atoms with E-state index in [0.29, 0.717) is 13.1 Å². The Labute approximate surface area is 148 Å². The van der Waals surface area contributed by atoms with Gasteiger partial charge in [0.05, 0.1) is 17.2 Å². The molecule has 26 heavy (non-hydrogen) atoms. The van der Waals surface area contributed by atoms with Gasteiger partial charge in [0.1, 0.15) is 5.65 Å². The van der Waals surface area contributed by atoms with E-state index < -0.39 is 22.0 Å². The van der Waals surface area contributed by atoms with Crippen LogP contribution < -0.4 is 0 Å². The Morgan fingerprint density at radius 1 is 1.27 bits per heavy atom.